The number of aliphatic imine (C=N–C) groups is 1. The molecule has 1 aromatic carbocycles. The molecule has 1 aliphatic heterocycles. The number of ether oxygens (including phenoxy) is 1. The number of hydrogen-bond acceptors (Lipinski definition) is 5. The maximum atomic E-state index is 12.6. The summed E-state index contributed by atoms with van der Waals surface area (Å²) >= 11 is 1.03. The molecule has 2 heterocycles. The second-order valence-electron chi connectivity index (χ2n) is 6.52. The van der Waals surface area contributed by atoms with Gasteiger partial charge in [-0.2, -0.15) is 13.2 Å². The first-order chi connectivity index (χ1) is 13.9. The lowest BCUT2D eigenvalue weighted by atomic mass is 10.2. The highest BCUT2D eigenvalue weighted by Gasteiger charge is 2.33. The van der Waals surface area contributed by atoms with Crippen molar-refractivity contribution < 1.29 is 17.9 Å². The molecular formula is C19H25F3IN5OS. The molecule has 6 nitrogen and oxygen atoms in total. The first kappa shape index (κ1) is 24.5. The van der Waals surface area contributed by atoms with Crippen LogP contribution in [0.3, 0.4) is 0 Å². The molecule has 1 saturated heterocycles. The fourth-order valence-corrected chi connectivity index (χ4v) is 3.94. The van der Waals surface area contributed by atoms with E-state index in [1.54, 1.807) is 14.2 Å². The van der Waals surface area contributed by atoms with Crippen molar-refractivity contribution in [2.24, 2.45) is 4.99 Å². The highest BCUT2D eigenvalue weighted by atomic mass is 127. The second-order valence-corrected chi connectivity index (χ2v) is 7.46. The largest absolute Gasteiger partial charge is 0.497 e. The van der Waals surface area contributed by atoms with Crippen molar-refractivity contribution >= 4 is 47.0 Å². The fourth-order valence-electron chi connectivity index (χ4n) is 3.14. The van der Waals surface area contributed by atoms with Crippen molar-refractivity contribution in [2.75, 3.05) is 51.8 Å². The number of nitrogens with one attached hydrogen (secondary N) is 1. The van der Waals surface area contributed by atoms with Crippen LogP contribution in [0.5, 0.6) is 5.75 Å². The molecule has 0 bridgehead atoms. The van der Waals surface area contributed by atoms with Gasteiger partial charge in [0.25, 0.3) is 0 Å². The smallest absolute Gasteiger partial charge is 0.434 e. The molecule has 1 aliphatic rings. The van der Waals surface area contributed by atoms with Gasteiger partial charge in [0.2, 0.25) is 0 Å². The molecule has 0 radical (unpaired) electrons. The number of benzene rings is 1. The molecule has 166 valence electrons. The average Bonchev–Trinajstić information content (AvgIpc) is 3.21. The first-order valence-corrected chi connectivity index (χ1v) is 10.1. The van der Waals surface area contributed by atoms with Gasteiger partial charge < -0.3 is 19.9 Å². The predicted octanol–water partition coefficient (Wildman–Crippen LogP) is 3.73. The van der Waals surface area contributed by atoms with Crippen molar-refractivity contribution in [3.05, 3.63) is 40.3 Å². The number of thiazole rings is 1. The zero-order valence-corrected chi connectivity index (χ0v) is 19.9. The molecule has 1 fully saturated rings. The number of alkyl halides is 3. The summed E-state index contributed by atoms with van der Waals surface area (Å²) in [6.45, 7) is 3.81. The van der Waals surface area contributed by atoms with Crippen LogP contribution in [0.25, 0.3) is 0 Å². The number of nitrogens with zero attached hydrogens (tertiary/aromatic N) is 4. The summed E-state index contributed by atoms with van der Waals surface area (Å²) in [4.78, 5) is 12.4. The van der Waals surface area contributed by atoms with Crippen LogP contribution in [-0.2, 0) is 12.6 Å². The molecule has 30 heavy (non-hydrogen) atoms. The van der Waals surface area contributed by atoms with Gasteiger partial charge in [-0.3, -0.25) is 4.99 Å². The summed E-state index contributed by atoms with van der Waals surface area (Å²) < 4.78 is 43.1. The number of rotatable bonds is 5. The summed E-state index contributed by atoms with van der Waals surface area (Å²) in [5, 5.41) is 4.75. The molecule has 3 rings (SSSR count). The summed E-state index contributed by atoms with van der Waals surface area (Å²) in [5.41, 5.74) is 0.328. The highest BCUT2D eigenvalue weighted by Crippen LogP contribution is 2.30. The molecule has 0 atom stereocenters. The van der Waals surface area contributed by atoms with Gasteiger partial charge in [0, 0.05) is 57.3 Å². The summed E-state index contributed by atoms with van der Waals surface area (Å²) in [6.07, 6.45) is -3.96. The van der Waals surface area contributed by atoms with Gasteiger partial charge in [0.15, 0.2) is 11.7 Å². The van der Waals surface area contributed by atoms with Gasteiger partial charge in [0.05, 0.1) is 12.1 Å². The number of anilines is 1. The number of aromatic nitrogens is 1. The third-order valence-corrected chi connectivity index (χ3v) is 5.60. The Balaban J connectivity index is 0.00000320. The molecule has 0 aliphatic carbocycles. The fraction of sp³-hybridized carbons (Fsp3) is 0.474. The SMILES string of the molecule is CN=C(NCCc1nc(C(F)(F)F)cs1)N1CCN(c2ccc(OC)cc2)CC1.I. The third kappa shape index (κ3) is 6.37. The van der Waals surface area contributed by atoms with E-state index in [-0.39, 0.29) is 24.0 Å². The van der Waals surface area contributed by atoms with Crippen LogP contribution in [0.1, 0.15) is 10.7 Å². The van der Waals surface area contributed by atoms with E-state index in [0.717, 1.165) is 60.3 Å². The Hall–Kier alpha value is -1.76. The maximum Gasteiger partial charge on any atom is 0.434 e. The van der Waals surface area contributed by atoms with Crippen LogP contribution < -0.4 is 15.0 Å². The van der Waals surface area contributed by atoms with Crippen molar-refractivity contribution in [3.8, 4) is 5.75 Å². The minimum Gasteiger partial charge on any atom is -0.497 e. The van der Waals surface area contributed by atoms with E-state index in [4.69, 9.17) is 4.74 Å². The number of guanidine groups is 1. The summed E-state index contributed by atoms with van der Waals surface area (Å²) in [5.74, 6) is 1.59. The Morgan fingerprint density at radius 3 is 2.40 bits per heavy atom. The molecular weight excluding hydrogens is 530 g/mol. The number of methoxy groups -OCH3 is 1. The molecule has 0 unspecified atom stereocenters. The van der Waals surface area contributed by atoms with Crippen molar-refractivity contribution in [1.82, 2.24) is 15.2 Å². The monoisotopic (exact) mass is 555 g/mol. The minimum atomic E-state index is -4.39. The lowest BCUT2D eigenvalue weighted by Gasteiger charge is -2.37. The number of piperazine rings is 1. The Morgan fingerprint density at radius 1 is 1.20 bits per heavy atom. The van der Waals surface area contributed by atoms with Crippen LogP contribution in [0.2, 0.25) is 0 Å². The first-order valence-electron chi connectivity index (χ1n) is 9.27. The van der Waals surface area contributed by atoms with Crippen molar-refractivity contribution in [1.29, 1.82) is 0 Å². The quantitative estimate of drug-likeness (QED) is 0.347. The van der Waals surface area contributed by atoms with Crippen LogP contribution in [0.4, 0.5) is 18.9 Å². The normalized spacial score (nSPS) is 15.0. The Morgan fingerprint density at radius 2 is 1.87 bits per heavy atom. The van der Waals surface area contributed by atoms with E-state index >= 15 is 0 Å². The van der Waals surface area contributed by atoms with Gasteiger partial charge in [-0.1, -0.05) is 0 Å². The molecule has 11 heteroatoms. The molecule has 1 N–H and O–H groups in total. The average molecular weight is 555 g/mol. The number of halogens is 4. The van der Waals surface area contributed by atoms with E-state index in [2.05, 4.69) is 25.1 Å². The third-order valence-electron chi connectivity index (χ3n) is 4.69. The Labute approximate surface area is 195 Å². The predicted molar refractivity (Wildman–Crippen MR) is 124 cm³/mol. The van der Waals surface area contributed by atoms with Gasteiger partial charge in [-0.15, -0.1) is 35.3 Å². The van der Waals surface area contributed by atoms with Crippen LogP contribution in [-0.4, -0.2) is 62.7 Å². The van der Waals surface area contributed by atoms with E-state index < -0.39 is 11.9 Å². The van der Waals surface area contributed by atoms with Crippen molar-refractivity contribution in [3.63, 3.8) is 0 Å². The van der Waals surface area contributed by atoms with Gasteiger partial charge in [-0.25, -0.2) is 4.98 Å². The van der Waals surface area contributed by atoms with Crippen LogP contribution >= 0.6 is 35.3 Å². The van der Waals surface area contributed by atoms with Crippen LogP contribution in [0, 0.1) is 0 Å². The zero-order valence-electron chi connectivity index (χ0n) is 16.8. The lowest BCUT2D eigenvalue weighted by molar-refractivity contribution is -0.140. The molecule has 0 spiro atoms. The summed E-state index contributed by atoms with van der Waals surface area (Å²) in [7, 11) is 3.36. The minimum absolute atomic E-state index is 0. The highest BCUT2D eigenvalue weighted by molar-refractivity contribution is 14.0. The van der Waals surface area contributed by atoms with E-state index in [9.17, 15) is 13.2 Å². The van der Waals surface area contributed by atoms with E-state index in [0.29, 0.717) is 18.0 Å². The molecule has 2 aromatic rings. The molecule has 1 aromatic heterocycles. The lowest BCUT2D eigenvalue weighted by Crippen LogP contribution is -2.52. The Bertz CT molecular complexity index is 820. The van der Waals surface area contributed by atoms with Crippen molar-refractivity contribution in [2.45, 2.75) is 12.6 Å². The second kappa shape index (κ2) is 11.0. The van der Waals surface area contributed by atoms with Gasteiger partial charge in [0.1, 0.15) is 5.75 Å². The van der Waals surface area contributed by atoms with E-state index in [1.807, 2.05) is 24.3 Å². The number of hydrogen-bond donors (Lipinski definition) is 1. The summed E-state index contributed by atoms with van der Waals surface area (Å²) in [6, 6.07) is 7.99. The molecule has 0 saturated carbocycles. The standard InChI is InChI=1S/C19H24F3N5OS.HI/c1-23-18(24-8-7-17-25-16(13-29-17)19(20,21)22)27-11-9-26(10-12-27)14-3-5-15(28-2)6-4-14;/h3-6,13H,7-12H2,1-2H3,(H,23,24);1H. The van der Waals surface area contributed by atoms with E-state index in [1.165, 1.54) is 0 Å². The topological polar surface area (TPSA) is 53.0 Å². The van der Waals surface area contributed by atoms with Gasteiger partial charge in [-0.05, 0) is 24.3 Å². The molecule has 0 amide bonds. The van der Waals surface area contributed by atoms with Crippen LogP contribution in [0.15, 0.2) is 34.6 Å². The van der Waals surface area contributed by atoms with Gasteiger partial charge >= 0.3 is 6.18 Å². The maximum absolute atomic E-state index is 12.6. The Kier molecular flexibility index (Phi) is 9.01. The zero-order chi connectivity index (χ0) is 20.9.